The molecule has 0 bridgehead atoms. The summed E-state index contributed by atoms with van der Waals surface area (Å²) in [5.74, 6) is 0. The van der Waals surface area contributed by atoms with Crippen LogP contribution in [0.1, 0.15) is 21.3 Å². The average molecular weight is 658 g/mol. The molecule has 23 heteroatoms. The maximum absolute atomic E-state index is 13.3. The number of benzene rings is 3. The van der Waals surface area contributed by atoms with Gasteiger partial charge in [0.05, 0.1) is 66.7 Å². The van der Waals surface area contributed by atoms with Crippen LogP contribution >= 0.6 is 0 Å². The van der Waals surface area contributed by atoms with E-state index in [4.69, 9.17) is 8.37 Å². The highest BCUT2D eigenvalue weighted by Crippen LogP contribution is 2.38. The van der Waals surface area contributed by atoms with Crippen molar-refractivity contribution in [2.75, 3.05) is 0 Å². The van der Waals surface area contributed by atoms with Crippen LogP contribution in [0.2, 0.25) is 0 Å². The van der Waals surface area contributed by atoms with E-state index in [0.29, 0.717) is 12.1 Å². The maximum atomic E-state index is 13.3. The summed E-state index contributed by atoms with van der Waals surface area (Å²) in [6.07, 6.45) is 0. The molecule has 3 aromatic carbocycles. The van der Waals surface area contributed by atoms with Crippen LogP contribution in [-0.4, -0.2) is 41.5 Å². The van der Waals surface area contributed by atoms with Crippen molar-refractivity contribution >= 4 is 48.7 Å². The highest BCUT2D eigenvalue weighted by atomic mass is 32.3. The maximum Gasteiger partial charge on any atom is 0.292 e. The van der Waals surface area contributed by atoms with Gasteiger partial charge in [-0.3, -0.25) is 58.9 Å². The number of nitro benzene ring substituents is 5. The van der Waals surface area contributed by atoms with Gasteiger partial charge in [0.15, 0.2) is 0 Å². The van der Waals surface area contributed by atoms with E-state index in [1.165, 1.54) is 0 Å². The molecule has 0 radical (unpaired) electrons. The Morgan fingerprint density at radius 1 is 0.545 bits per heavy atom. The fraction of sp³-hybridized carbons (Fsp3) is 0.143. The van der Waals surface area contributed by atoms with E-state index in [2.05, 4.69) is 0 Å². The molecule has 0 saturated carbocycles. The van der Waals surface area contributed by atoms with E-state index >= 15 is 0 Å². The van der Waals surface area contributed by atoms with Crippen molar-refractivity contribution in [1.29, 1.82) is 0 Å². The first-order chi connectivity index (χ1) is 20.5. The second-order valence-corrected chi connectivity index (χ2v) is 12.0. The molecule has 0 aliphatic heterocycles. The van der Waals surface area contributed by atoms with E-state index in [9.17, 15) is 67.4 Å². The summed E-state index contributed by atoms with van der Waals surface area (Å²) in [7, 11) is -11.2. The van der Waals surface area contributed by atoms with Crippen molar-refractivity contribution in [3.63, 3.8) is 0 Å². The summed E-state index contributed by atoms with van der Waals surface area (Å²) >= 11 is 0. The lowest BCUT2D eigenvalue weighted by atomic mass is 10.2. The van der Waals surface area contributed by atoms with Crippen LogP contribution in [0.25, 0.3) is 0 Å². The van der Waals surface area contributed by atoms with Crippen LogP contribution in [0.5, 0.6) is 0 Å². The molecular weight excluding hydrogens is 642 g/mol. The number of rotatable bonds is 14. The van der Waals surface area contributed by atoms with Crippen molar-refractivity contribution < 1.29 is 49.8 Å². The van der Waals surface area contributed by atoms with Crippen LogP contribution in [-0.2, 0) is 41.8 Å². The Morgan fingerprint density at radius 2 is 0.932 bits per heavy atom. The fourth-order valence-electron chi connectivity index (χ4n) is 3.64. The Bertz CT molecular complexity index is 1800. The minimum absolute atomic E-state index is 0.488. The molecule has 3 rings (SSSR count). The zero-order chi connectivity index (χ0) is 33.0. The van der Waals surface area contributed by atoms with Gasteiger partial charge in [0.2, 0.25) is 4.58 Å². The zero-order valence-electron chi connectivity index (χ0n) is 21.3. The molecule has 0 heterocycles. The van der Waals surface area contributed by atoms with E-state index in [-0.39, 0.29) is 0 Å². The average Bonchev–Trinajstić information content (AvgIpc) is 2.94. The van der Waals surface area contributed by atoms with Crippen LogP contribution in [0.4, 0.5) is 28.4 Å². The number of nitrogens with zero attached hydrogens (tertiary/aromatic N) is 5. The fourth-order valence-corrected chi connectivity index (χ4v) is 6.98. The van der Waals surface area contributed by atoms with E-state index in [1.54, 1.807) is 0 Å². The molecule has 0 amide bonds. The van der Waals surface area contributed by atoms with Crippen LogP contribution in [0, 0.1) is 50.6 Å². The molecule has 21 nitrogen and oxygen atoms in total. The topological polar surface area (TPSA) is 302 Å². The van der Waals surface area contributed by atoms with E-state index in [1.807, 2.05) is 0 Å². The largest absolute Gasteiger partial charge is 0.292 e. The lowest BCUT2D eigenvalue weighted by Crippen LogP contribution is -2.27. The molecule has 232 valence electrons. The molecule has 0 N–H and O–H groups in total. The lowest BCUT2D eigenvalue weighted by Gasteiger charge is -2.18. The van der Waals surface area contributed by atoms with Crippen LogP contribution in [0.15, 0.2) is 60.7 Å². The minimum atomic E-state index is -5.60. The highest BCUT2D eigenvalue weighted by Gasteiger charge is 2.45. The van der Waals surface area contributed by atoms with Gasteiger partial charge in [-0.2, -0.15) is 16.8 Å². The number of hydrogen-bond donors (Lipinski definition) is 0. The predicted molar refractivity (Wildman–Crippen MR) is 143 cm³/mol. The van der Waals surface area contributed by atoms with Crippen molar-refractivity contribution in [1.82, 2.24) is 0 Å². The molecule has 0 aliphatic carbocycles. The van der Waals surface area contributed by atoms with Gasteiger partial charge >= 0.3 is 0 Å². The third-order valence-corrected chi connectivity index (χ3v) is 9.49. The molecule has 3 aromatic rings. The van der Waals surface area contributed by atoms with E-state index < -0.39 is 108 Å². The van der Waals surface area contributed by atoms with Gasteiger partial charge in [-0.1, -0.05) is 12.1 Å². The minimum Gasteiger partial charge on any atom is -0.264 e. The van der Waals surface area contributed by atoms with Crippen molar-refractivity contribution in [3.8, 4) is 0 Å². The smallest absolute Gasteiger partial charge is 0.264 e. The Morgan fingerprint density at radius 3 is 1.30 bits per heavy atom. The first kappa shape index (κ1) is 33.0. The summed E-state index contributed by atoms with van der Waals surface area (Å²) in [5, 5.41) is 56.4. The van der Waals surface area contributed by atoms with Crippen molar-refractivity contribution in [2.24, 2.45) is 0 Å². The van der Waals surface area contributed by atoms with E-state index in [0.717, 1.165) is 48.5 Å². The first-order valence-corrected chi connectivity index (χ1v) is 14.2. The first-order valence-electron chi connectivity index (χ1n) is 11.3. The van der Waals surface area contributed by atoms with Gasteiger partial charge in [-0.05, 0) is 18.2 Å². The SMILES string of the molecule is O=[N+]([O-])c1ccc(COS(=O)(=O)C(c2ccccc2[N+](=O)[O-])S(=O)(=O)OCc2ccc([N+](=O)[O-])cc2[N+](=O)[O-])c([N+](=O)[O-])c1. The van der Waals surface area contributed by atoms with Gasteiger partial charge in [0.25, 0.3) is 48.7 Å². The summed E-state index contributed by atoms with van der Waals surface area (Å²) in [4.78, 5) is 51.1. The number of nitro groups is 5. The zero-order valence-corrected chi connectivity index (χ0v) is 23.0. The molecule has 0 saturated heterocycles. The molecule has 0 atom stereocenters. The molecular formula is C21H15N5O16S2. The molecule has 44 heavy (non-hydrogen) atoms. The second kappa shape index (κ2) is 12.8. The number of para-hydroxylation sites is 1. The normalized spacial score (nSPS) is 11.7. The van der Waals surface area contributed by atoms with Crippen molar-refractivity contribution in [2.45, 2.75) is 17.8 Å². The third-order valence-electron chi connectivity index (χ3n) is 5.62. The summed E-state index contributed by atoms with van der Waals surface area (Å²) < 4.78 is 59.7. The van der Waals surface area contributed by atoms with Gasteiger partial charge < -0.3 is 0 Å². The summed E-state index contributed by atoms with van der Waals surface area (Å²) in [6.45, 7) is -2.53. The predicted octanol–water partition coefficient (Wildman–Crippen LogP) is 3.32. The van der Waals surface area contributed by atoms with Crippen LogP contribution < -0.4 is 0 Å². The standard InChI is InChI=1S/C21H15N5O16S2/c27-22(28)15-7-5-13(19(9-15)25(33)34)11-41-43(37,38)21(17-3-1-2-4-18(17)24(31)32)44(39,40)42-12-14-6-8-16(23(29)30)10-20(14)26(35)36/h1-10,21H,11-12H2. The highest BCUT2D eigenvalue weighted by molar-refractivity contribution is 8.04. The third kappa shape index (κ3) is 7.27. The van der Waals surface area contributed by atoms with Crippen LogP contribution in [0.3, 0.4) is 0 Å². The van der Waals surface area contributed by atoms with Crippen molar-refractivity contribution in [3.05, 3.63) is 128 Å². The Hall–Kier alpha value is -5.52. The Kier molecular flexibility index (Phi) is 9.58. The second-order valence-electron chi connectivity index (χ2n) is 8.31. The molecule has 0 unspecified atom stereocenters. The quantitative estimate of drug-likeness (QED) is 0.136. The molecule has 0 aromatic heterocycles. The Labute approximate surface area is 244 Å². The lowest BCUT2D eigenvalue weighted by molar-refractivity contribution is -0.395. The van der Waals surface area contributed by atoms with Gasteiger partial charge in [-0.25, -0.2) is 0 Å². The van der Waals surface area contributed by atoms with Gasteiger partial charge in [-0.15, -0.1) is 0 Å². The number of non-ortho nitro benzene ring substituents is 2. The summed E-state index contributed by atoms with van der Waals surface area (Å²) in [5.41, 5.74) is -6.60. The molecule has 0 fully saturated rings. The number of hydrogen-bond acceptors (Lipinski definition) is 16. The van der Waals surface area contributed by atoms with Gasteiger partial charge in [0, 0.05) is 18.2 Å². The molecule has 0 spiro atoms. The summed E-state index contributed by atoms with van der Waals surface area (Å²) in [6, 6.07) is 7.63. The van der Waals surface area contributed by atoms with Gasteiger partial charge in [0.1, 0.15) is 0 Å². The molecule has 0 aliphatic rings. The monoisotopic (exact) mass is 657 g/mol. The Balaban J connectivity index is 2.07.